The van der Waals surface area contributed by atoms with Crippen molar-refractivity contribution in [3.05, 3.63) is 65.9 Å². The van der Waals surface area contributed by atoms with Crippen molar-refractivity contribution in [3.63, 3.8) is 0 Å². The number of rotatable bonds is 4. The molecule has 0 atom stereocenters. The highest BCUT2D eigenvalue weighted by molar-refractivity contribution is 5.94. The fraction of sp³-hybridized carbons (Fsp3) is 0.158. The highest BCUT2D eigenvalue weighted by atomic mass is 16.5. The molecular formula is C19H17NO3. The number of carbonyl (C=O) groups is 1. The Morgan fingerprint density at radius 1 is 1.09 bits per heavy atom. The van der Waals surface area contributed by atoms with Crippen molar-refractivity contribution in [2.75, 3.05) is 6.61 Å². The molecule has 0 saturated heterocycles. The Kier molecular flexibility index (Phi) is 4.24. The van der Waals surface area contributed by atoms with Crippen LogP contribution in [0.15, 0.2) is 54.6 Å². The van der Waals surface area contributed by atoms with Gasteiger partial charge in [0.2, 0.25) is 0 Å². The lowest BCUT2D eigenvalue weighted by Gasteiger charge is -2.09. The summed E-state index contributed by atoms with van der Waals surface area (Å²) >= 11 is 0. The predicted octanol–water partition coefficient (Wildman–Crippen LogP) is 4.16. The maximum Gasteiger partial charge on any atom is 0.343 e. The van der Waals surface area contributed by atoms with Crippen LogP contribution in [0, 0.1) is 6.92 Å². The molecule has 3 aromatic rings. The number of hydrogen-bond acceptors (Lipinski definition) is 4. The van der Waals surface area contributed by atoms with E-state index in [4.69, 9.17) is 9.47 Å². The van der Waals surface area contributed by atoms with Crippen molar-refractivity contribution in [1.29, 1.82) is 0 Å². The van der Waals surface area contributed by atoms with E-state index < -0.39 is 5.97 Å². The van der Waals surface area contributed by atoms with Gasteiger partial charge in [0.1, 0.15) is 11.3 Å². The Morgan fingerprint density at radius 3 is 2.74 bits per heavy atom. The largest absolute Gasteiger partial charge is 0.494 e. The summed E-state index contributed by atoms with van der Waals surface area (Å²) in [4.78, 5) is 16.9. The van der Waals surface area contributed by atoms with Crippen LogP contribution in [0.3, 0.4) is 0 Å². The second kappa shape index (κ2) is 6.48. The van der Waals surface area contributed by atoms with Gasteiger partial charge in [-0.05, 0) is 44.2 Å². The Hall–Kier alpha value is -2.88. The van der Waals surface area contributed by atoms with Gasteiger partial charge in [-0.3, -0.25) is 0 Å². The molecule has 2 aromatic carbocycles. The maximum atomic E-state index is 12.4. The molecule has 1 aromatic heterocycles. The number of pyridine rings is 1. The number of aromatic nitrogens is 1. The summed E-state index contributed by atoms with van der Waals surface area (Å²) in [5.41, 5.74) is 2.00. The van der Waals surface area contributed by atoms with E-state index in [9.17, 15) is 4.79 Å². The Bertz CT molecular complexity index is 858. The molecule has 0 fully saturated rings. The minimum atomic E-state index is -0.428. The highest BCUT2D eigenvalue weighted by Crippen LogP contribution is 2.25. The molecule has 0 aliphatic carbocycles. The summed E-state index contributed by atoms with van der Waals surface area (Å²) in [6, 6.07) is 16.4. The fourth-order valence-corrected chi connectivity index (χ4v) is 2.34. The van der Waals surface area contributed by atoms with E-state index >= 15 is 0 Å². The number of fused-ring (bicyclic) bond motifs is 1. The fourth-order valence-electron chi connectivity index (χ4n) is 2.34. The zero-order valence-electron chi connectivity index (χ0n) is 13.1. The Labute approximate surface area is 134 Å². The van der Waals surface area contributed by atoms with Crippen molar-refractivity contribution in [2.45, 2.75) is 13.8 Å². The van der Waals surface area contributed by atoms with Crippen molar-refractivity contribution in [2.24, 2.45) is 0 Å². The lowest BCUT2D eigenvalue weighted by molar-refractivity contribution is 0.0736. The first-order valence-corrected chi connectivity index (χ1v) is 7.49. The number of benzene rings is 2. The number of aryl methyl sites for hydroxylation is 1. The van der Waals surface area contributed by atoms with E-state index in [0.717, 1.165) is 11.1 Å². The average molecular weight is 307 g/mol. The molecule has 0 bridgehead atoms. The third kappa shape index (κ3) is 3.31. The number of carbonyl (C=O) groups excluding carboxylic acids is 1. The minimum absolute atomic E-state index is 0.428. The van der Waals surface area contributed by atoms with Crippen LogP contribution < -0.4 is 9.47 Å². The van der Waals surface area contributed by atoms with Crippen LogP contribution in [0.4, 0.5) is 0 Å². The lowest BCUT2D eigenvalue weighted by Crippen LogP contribution is -2.09. The second-order valence-electron chi connectivity index (χ2n) is 5.13. The van der Waals surface area contributed by atoms with Crippen LogP contribution in [0.1, 0.15) is 23.0 Å². The third-order valence-electron chi connectivity index (χ3n) is 3.41. The molecule has 0 amide bonds. The molecule has 23 heavy (non-hydrogen) atoms. The summed E-state index contributed by atoms with van der Waals surface area (Å²) in [5.74, 6) is 0.675. The number of hydrogen-bond donors (Lipinski definition) is 0. The molecule has 0 aliphatic rings. The van der Waals surface area contributed by atoms with Gasteiger partial charge in [0.25, 0.3) is 0 Å². The van der Waals surface area contributed by atoms with Gasteiger partial charge in [0, 0.05) is 11.1 Å². The number of nitrogens with zero attached hydrogens (tertiary/aromatic N) is 1. The van der Waals surface area contributed by atoms with Gasteiger partial charge in [-0.15, -0.1) is 0 Å². The van der Waals surface area contributed by atoms with Gasteiger partial charge >= 0.3 is 5.97 Å². The normalized spacial score (nSPS) is 10.5. The summed E-state index contributed by atoms with van der Waals surface area (Å²) in [6.07, 6.45) is 0. The smallest absolute Gasteiger partial charge is 0.343 e. The lowest BCUT2D eigenvalue weighted by atomic mass is 10.2. The molecule has 0 spiro atoms. The summed E-state index contributed by atoms with van der Waals surface area (Å²) in [7, 11) is 0. The zero-order chi connectivity index (χ0) is 16.2. The number of ether oxygens (including phenoxy) is 2. The predicted molar refractivity (Wildman–Crippen MR) is 89.0 cm³/mol. The van der Waals surface area contributed by atoms with E-state index in [1.165, 1.54) is 0 Å². The first kappa shape index (κ1) is 15.0. The van der Waals surface area contributed by atoms with Crippen molar-refractivity contribution in [1.82, 2.24) is 4.98 Å². The first-order chi connectivity index (χ1) is 11.2. The first-order valence-electron chi connectivity index (χ1n) is 7.49. The van der Waals surface area contributed by atoms with Gasteiger partial charge in [0.15, 0.2) is 5.75 Å². The Balaban J connectivity index is 1.91. The van der Waals surface area contributed by atoms with Crippen molar-refractivity contribution >= 4 is 16.9 Å². The standard InChI is InChI=1S/C19H17NO3/c1-3-22-16-8-4-7-15(12-16)19(21)23-17-9-5-6-14-11-10-13(2)20-18(14)17/h4-12H,3H2,1-2H3. The van der Waals surface area contributed by atoms with Crippen LogP contribution in [0.25, 0.3) is 10.9 Å². The summed E-state index contributed by atoms with van der Waals surface area (Å²) < 4.78 is 11.0. The molecule has 3 rings (SSSR count). The Morgan fingerprint density at radius 2 is 1.91 bits per heavy atom. The zero-order valence-corrected chi connectivity index (χ0v) is 13.1. The van der Waals surface area contributed by atoms with Crippen LogP contribution in [0.2, 0.25) is 0 Å². The number of para-hydroxylation sites is 1. The van der Waals surface area contributed by atoms with Crippen molar-refractivity contribution in [3.8, 4) is 11.5 Å². The second-order valence-corrected chi connectivity index (χ2v) is 5.13. The summed E-state index contributed by atoms with van der Waals surface area (Å²) in [5, 5.41) is 0.934. The molecule has 0 unspecified atom stereocenters. The van der Waals surface area contributed by atoms with Gasteiger partial charge < -0.3 is 9.47 Å². The average Bonchev–Trinajstić information content (AvgIpc) is 2.56. The maximum absolute atomic E-state index is 12.4. The minimum Gasteiger partial charge on any atom is -0.494 e. The van der Waals surface area contributed by atoms with Crippen LogP contribution >= 0.6 is 0 Å². The van der Waals surface area contributed by atoms with Gasteiger partial charge in [-0.25, -0.2) is 9.78 Å². The van der Waals surface area contributed by atoms with E-state index in [1.54, 1.807) is 24.3 Å². The molecule has 0 aliphatic heterocycles. The highest BCUT2D eigenvalue weighted by Gasteiger charge is 2.12. The van der Waals surface area contributed by atoms with E-state index in [0.29, 0.717) is 29.2 Å². The summed E-state index contributed by atoms with van der Waals surface area (Å²) in [6.45, 7) is 4.35. The monoisotopic (exact) mass is 307 g/mol. The van der Waals surface area contributed by atoms with Gasteiger partial charge in [-0.2, -0.15) is 0 Å². The number of esters is 1. The van der Waals surface area contributed by atoms with Crippen molar-refractivity contribution < 1.29 is 14.3 Å². The molecule has 4 nitrogen and oxygen atoms in total. The molecule has 4 heteroatoms. The molecule has 1 heterocycles. The van der Waals surface area contributed by atoms with Crippen LogP contribution in [-0.4, -0.2) is 17.6 Å². The van der Waals surface area contributed by atoms with E-state index in [2.05, 4.69) is 4.98 Å². The third-order valence-corrected chi connectivity index (χ3v) is 3.41. The quantitative estimate of drug-likeness (QED) is 0.536. The molecular weight excluding hydrogens is 290 g/mol. The van der Waals surface area contributed by atoms with E-state index in [-0.39, 0.29) is 0 Å². The van der Waals surface area contributed by atoms with Gasteiger partial charge in [0.05, 0.1) is 12.2 Å². The SMILES string of the molecule is CCOc1cccc(C(=O)Oc2cccc3ccc(C)nc23)c1. The molecule has 116 valence electrons. The molecule has 0 N–H and O–H groups in total. The van der Waals surface area contributed by atoms with E-state index in [1.807, 2.05) is 44.2 Å². The topological polar surface area (TPSA) is 48.4 Å². The molecule has 0 saturated carbocycles. The molecule has 0 radical (unpaired) electrons. The van der Waals surface area contributed by atoms with Gasteiger partial charge in [-0.1, -0.05) is 24.3 Å². The van der Waals surface area contributed by atoms with Crippen LogP contribution in [-0.2, 0) is 0 Å². The van der Waals surface area contributed by atoms with Crippen LogP contribution in [0.5, 0.6) is 11.5 Å².